The zero-order valence-corrected chi connectivity index (χ0v) is 11.8. The molecule has 0 aliphatic rings. The van der Waals surface area contributed by atoms with Crippen LogP contribution in [0, 0.1) is 0 Å². The van der Waals surface area contributed by atoms with E-state index in [0.29, 0.717) is 0 Å². The predicted molar refractivity (Wildman–Crippen MR) is 66.8 cm³/mol. The lowest BCUT2D eigenvalue weighted by Gasteiger charge is -2.05. The fraction of sp³-hybridized carbons (Fsp3) is 0.500. The number of carbonyl (C=O) groups excluding carboxylic acids is 4. The molecule has 0 unspecified atom stereocenters. The Morgan fingerprint density at radius 3 is 1.22 bits per heavy atom. The summed E-state index contributed by atoms with van der Waals surface area (Å²) in [5.74, 6) is -6.83. The first kappa shape index (κ1) is 20.0. The Bertz CT molecular complexity index is 449. The van der Waals surface area contributed by atoms with E-state index in [2.05, 4.69) is 14.2 Å². The molecule has 0 amide bonds. The molecule has 0 heterocycles. The third-order valence-electron chi connectivity index (χ3n) is 2.02. The molecule has 11 nitrogen and oxygen atoms in total. The van der Waals surface area contributed by atoms with E-state index >= 15 is 0 Å². The lowest BCUT2D eigenvalue weighted by molar-refractivity contribution is -0.171. The molecule has 0 aliphatic heterocycles. The van der Waals surface area contributed by atoms with E-state index < -0.39 is 74.7 Å². The first-order valence-corrected chi connectivity index (χ1v) is 6.19. The number of aliphatic carboxylic acids is 2. The van der Waals surface area contributed by atoms with Crippen LogP contribution < -0.4 is 0 Å². The Kier molecular flexibility index (Phi) is 9.32. The quantitative estimate of drug-likeness (QED) is 0.281. The molecule has 0 fully saturated rings. The van der Waals surface area contributed by atoms with Gasteiger partial charge in [0.05, 0.1) is 25.7 Å². The maximum Gasteiger partial charge on any atom is 0.352 e. The molecule has 0 bridgehead atoms. The molecule has 0 saturated heterocycles. The monoisotopic (exact) mass is 334 g/mol. The minimum absolute atomic E-state index is 0.447. The summed E-state index contributed by atoms with van der Waals surface area (Å²) in [7, 11) is 0. The molecule has 11 heteroatoms. The van der Waals surface area contributed by atoms with Gasteiger partial charge in [-0.25, -0.2) is 9.59 Å². The molecule has 0 rings (SSSR count). The van der Waals surface area contributed by atoms with Crippen molar-refractivity contribution in [2.75, 3.05) is 13.2 Å². The second-order valence-corrected chi connectivity index (χ2v) is 3.95. The highest BCUT2D eigenvalue weighted by Crippen LogP contribution is 1.96. The zero-order valence-electron chi connectivity index (χ0n) is 11.8. The highest BCUT2D eigenvalue weighted by Gasteiger charge is 2.16. The number of carboxylic acid groups (broad SMARTS) is 2. The first-order chi connectivity index (χ1) is 10.7. The molecule has 0 aromatic rings. The molecule has 0 aliphatic carbocycles. The summed E-state index contributed by atoms with van der Waals surface area (Å²) < 4.78 is 12.8. The van der Waals surface area contributed by atoms with Crippen molar-refractivity contribution in [3.63, 3.8) is 0 Å². The highest BCUT2D eigenvalue weighted by atomic mass is 16.6. The standard InChI is InChI=1S/C12H14O11/c13-7(14)1-3-9(17)21-5-11(19)23-12(20)6-22-10(18)4-2-8(15)16/h1-6H2,(H,13,14)(H,15,16). The number of ether oxygens (including phenoxy) is 3. The van der Waals surface area contributed by atoms with Gasteiger partial charge in [-0.05, 0) is 0 Å². The molecule has 2 N–H and O–H groups in total. The van der Waals surface area contributed by atoms with Gasteiger partial charge in [0, 0.05) is 0 Å². The summed E-state index contributed by atoms with van der Waals surface area (Å²) in [6.07, 6.45) is -1.84. The van der Waals surface area contributed by atoms with E-state index in [-0.39, 0.29) is 0 Å². The molecule has 23 heavy (non-hydrogen) atoms. The second kappa shape index (κ2) is 10.7. The van der Waals surface area contributed by atoms with E-state index in [1.54, 1.807) is 0 Å². The van der Waals surface area contributed by atoms with Crippen LogP contribution in [0.1, 0.15) is 25.7 Å². The fourth-order valence-electron chi connectivity index (χ4n) is 1.03. The van der Waals surface area contributed by atoms with E-state index in [1.807, 2.05) is 0 Å². The van der Waals surface area contributed by atoms with Gasteiger partial charge >= 0.3 is 35.8 Å². The van der Waals surface area contributed by atoms with Gasteiger partial charge in [0.2, 0.25) is 0 Å². The highest BCUT2D eigenvalue weighted by molar-refractivity contribution is 5.89. The normalized spacial score (nSPS) is 9.57. The minimum atomic E-state index is -1.24. The lowest BCUT2D eigenvalue weighted by atomic mass is 10.3. The summed E-state index contributed by atoms with van der Waals surface area (Å²) in [5, 5.41) is 16.6. The Balaban J connectivity index is 3.87. The van der Waals surface area contributed by atoms with Crippen molar-refractivity contribution in [3.05, 3.63) is 0 Å². The van der Waals surface area contributed by atoms with E-state index in [0.717, 1.165) is 0 Å². The topological polar surface area (TPSA) is 171 Å². The van der Waals surface area contributed by atoms with Crippen LogP contribution in [-0.2, 0) is 43.0 Å². The van der Waals surface area contributed by atoms with Crippen molar-refractivity contribution in [1.29, 1.82) is 0 Å². The van der Waals surface area contributed by atoms with Gasteiger partial charge in [0.25, 0.3) is 0 Å². The number of rotatable bonds is 10. The van der Waals surface area contributed by atoms with Crippen LogP contribution in [0.2, 0.25) is 0 Å². The van der Waals surface area contributed by atoms with E-state index in [4.69, 9.17) is 10.2 Å². The second-order valence-electron chi connectivity index (χ2n) is 3.95. The van der Waals surface area contributed by atoms with Gasteiger partial charge in [-0.1, -0.05) is 0 Å². The molecule has 0 spiro atoms. The maximum atomic E-state index is 11.1. The summed E-state index contributed by atoms with van der Waals surface area (Å²) in [6.45, 7) is -1.81. The first-order valence-electron chi connectivity index (χ1n) is 6.19. The smallest absolute Gasteiger partial charge is 0.352 e. The van der Waals surface area contributed by atoms with Crippen LogP contribution in [0.15, 0.2) is 0 Å². The Morgan fingerprint density at radius 2 is 0.913 bits per heavy atom. The van der Waals surface area contributed by atoms with Crippen molar-refractivity contribution >= 4 is 35.8 Å². The molecule has 0 saturated carbocycles. The van der Waals surface area contributed by atoms with Crippen molar-refractivity contribution in [1.82, 2.24) is 0 Å². The molecule has 0 aromatic heterocycles. The van der Waals surface area contributed by atoms with Crippen molar-refractivity contribution in [3.8, 4) is 0 Å². The van der Waals surface area contributed by atoms with Gasteiger partial charge in [-0.2, -0.15) is 0 Å². The van der Waals surface area contributed by atoms with Crippen LogP contribution in [0.4, 0.5) is 0 Å². The van der Waals surface area contributed by atoms with Crippen LogP contribution in [0.25, 0.3) is 0 Å². The van der Waals surface area contributed by atoms with Gasteiger partial charge in [0.15, 0.2) is 13.2 Å². The summed E-state index contributed by atoms with van der Waals surface area (Å²) >= 11 is 0. The third kappa shape index (κ3) is 12.5. The van der Waals surface area contributed by atoms with Crippen LogP contribution in [-0.4, -0.2) is 59.2 Å². The van der Waals surface area contributed by atoms with Crippen molar-refractivity contribution in [2.45, 2.75) is 25.7 Å². The molecule has 0 aromatic carbocycles. The molecular formula is C12H14O11. The maximum absolute atomic E-state index is 11.1. The fourth-order valence-corrected chi connectivity index (χ4v) is 1.03. The number of esters is 4. The molecule has 0 radical (unpaired) electrons. The van der Waals surface area contributed by atoms with E-state index in [1.165, 1.54) is 0 Å². The van der Waals surface area contributed by atoms with Crippen molar-refractivity contribution in [2.24, 2.45) is 0 Å². The molecule has 0 atom stereocenters. The van der Waals surface area contributed by atoms with Crippen molar-refractivity contribution < 1.29 is 53.2 Å². The van der Waals surface area contributed by atoms with Crippen LogP contribution in [0.5, 0.6) is 0 Å². The summed E-state index contributed by atoms with van der Waals surface area (Å²) in [4.78, 5) is 64.5. The Labute approximate surface area is 129 Å². The van der Waals surface area contributed by atoms with Crippen LogP contribution in [0.3, 0.4) is 0 Å². The number of carboxylic acids is 2. The van der Waals surface area contributed by atoms with Crippen LogP contribution >= 0.6 is 0 Å². The minimum Gasteiger partial charge on any atom is -0.481 e. The predicted octanol–water partition coefficient (Wildman–Crippen LogP) is -1.13. The van der Waals surface area contributed by atoms with Gasteiger partial charge in [-0.15, -0.1) is 0 Å². The lowest BCUT2D eigenvalue weighted by Crippen LogP contribution is -2.23. The SMILES string of the molecule is O=C(O)CCC(=O)OCC(=O)OC(=O)COC(=O)CCC(=O)O. The molecule has 128 valence electrons. The average Bonchev–Trinajstić information content (AvgIpc) is 2.46. The number of hydrogen-bond donors (Lipinski definition) is 2. The van der Waals surface area contributed by atoms with Gasteiger partial charge in [0.1, 0.15) is 0 Å². The number of hydrogen-bond acceptors (Lipinski definition) is 9. The zero-order chi connectivity index (χ0) is 17.8. The largest absolute Gasteiger partial charge is 0.481 e. The summed E-state index contributed by atoms with van der Waals surface area (Å²) in [6, 6.07) is 0. The van der Waals surface area contributed by atoms with Gasteiger partial charge in [-0.3, -0.25) is 19.2 Å². The van der Waals surface area contributed by atoms with E-state index in [9.17, 15) is 28.8 Å². The third-order valence-corrected chi connectivity index (χ3v) is 2.02. The van der Waals surface area contributed by atoms with Gasteiger partial charge < -0.3 is 24.4 Å². The Hall–Kier alpha value is -2.98. The Morgan fingerprint density at radius 1 is 0.565 bits per heavy atom. The summed E-state index contributed by atoms with van der Waals surface area (Å²) in [5.41, 5.74) is 0. The molecular weight excluding hydrogens is 320 g/mol. The number of carbonyl (C=O) groups is 6. The average molecular weight is 334 g/mol.